The number of alkyl halides is 3. The third kappa shape index (κ3) is 2.94. The van der Waals surface area contributed by atoms with Gasteiger partial charge in [-0.05, 0) is 6.07 Å². The molecule has 1 unspecified atom stereocenters. The molecule has 15 heavy (non-hydrogen) atoms. The standard InChI is InChI=1S/C7H8F3N3O2/c8-7(9,10)5-2-4(12-13-5)3(11)1-6(14)15/h2-3H,1,11H2,(H,12,13)(H,14,15). The summed E-state index contributed by atoms with van der Waals surface area (Å²) in [7, 11) is 0. The summed E-state index contributed by atoms with van der Waals surface area (Å²) < 4.78 is 36.3. The van der Waals surface area contributed by atoms with E-state index in [0.717, 1.165) is 0 Å². The largest absolute Gasteiger partial charge is 0.481 e. The maximum absolute atomic E-state index is 12.1. The Labute approximate surface area is 82.1 Å². The van der Waals surface area contributed by atoms with Crippen molar-refractivity contribution in [2.75, 3.05) is 0 Å². The number of carboxylic acid groups (broad SMARTS) is 1. The van der Waals surface area contributed by atoms with Crippen molar-refractivity contribution in [3.63, 3.8) is 0 Å². The number of hydrogen-bond acceptors (Lipinski definition) is 3. The summed E-state index contributed by atoms with van der Waals surface area (Å²) in [6.07, 6.45) is -5.02. The van der Waals surface area contributed by atoms with Crippen molar-refractivity contribution in [2.45, 2.75) is 18.6 Å². The van der Waals surface area contributed by atoms with Gasteiger partial charge >= 0.3 is 12.1 Å². The fraction of sp³-hybridized carbons (Fsp3) is 0.429. The van der Waals surface area contributed by atoms with Crippen molar-refractivity contribution >= 4 is 5.97 Å². The van der Waals surface area contributed by atoms with Crippen molar-refractivity contribution in [1.82, 2.24) is 10.2 Å². The van der Waals surface area contributed by atoms with Crippen molar-refractivity contribution in [3.8, 4) is 0 Å². The zero-order valence-corrected chi connectivity index (χ0v) is 7.38. The summed E-state index contributed by atoms with van der Waals surface area (Å²) in [5, 5.41) is 13.4. The molecule has 0 radical (unpaired) electrons. The first kappa shape index (κ1) is 11.5. The topological polar surface area (TPSA) is 92.0 Å². The molecule has 5 nitrogen and oxygen atoms in total. The lowest BCUT2D eigenvalue weighted by Gasteiger charge is -2.04. The van der Waals surface area contributed by atoms with Crippen LogP contribution < -0.4 is 5.73 Å². The normalized spacial score (nSPS) is 13.9. The third-order valence-electron chi connectivity index (χ3n) is 1.68. The number of aromatic amines is 1. The molecule has 1 atom stereocenters. The number of nitrogens with zero attached hydrogens (tertiary/aromatic N) is 1. The number of aliphatic carboxylic acids is 1. The van der Waals surface area contributed by atoms with Crippen LogP contribution in [-0.4, -0.2) is 21.3 Å². The molecule has 0 aliphatic carbocycles. The van der Waals surface area contributed by atoms with Crippen LogP contribution in [0.3, 0.4) is 0 Å². The summed E-state index contributed by atoms with van der Waals surface area (Å²) in [4.78, 5) is 10.3. The molecule has 0 aromatic carbocycles. The summed E-state index contributed by atoms with van der Waals surface area (Å²) >= 11 is 0. The minimum absolute atomic E-state index is 0.0512. The van der Waals surface area contributed by atoms with E-state index in [4.69, 9.17) is 10.8 Å². The summed E-state index contributed by atoms with van der Waals surface area (Å²) in [5.74, 6) is -1.19. The molecule has 4 N–H and O–H groups in total. The van der Waals surface area contributed by atoms with Gasteiger partial charge in [-0.25, -0.2) is 0 Å². The van der Waals surface area contributed by atoms with Crippen molar-refractivity contribution in [2.24, 2.45) is 5.73 Å². The third-order valence-corrected chi connectivity index (χ3v) is 1.68. The number of halogens is 3. The van der Waals surface area contributed by atoms with Gasteiger partial charge in [0.25, 0.3) is 0 Å². The number of rotatable bonds is 3. The minimum atomic E-state index is -4.56. The molecule has 1 heterocycles. The lowest BCUT2D eigenvalue weighted by molar-refractivity contribution is -0.141. The van der Waals surface area contributed by atoms with Gasteiger partial charge in [0, 0.05) is 0 Å². The predicted molar refractivity (Wildman–Crippen MR) is 42.8 cm³/mol. The monoisotopic (exact) mass is 223 g/mol. The van der Waals surface area contributed by atoms with E-state index >= 15 is 0 Å². The second kappa shape index (κ2) is 3.89. The molecule has 0 saturated carbocycles. The Morgan fingerprint density at radius 1 is 1.67 bits per heavy atom. The highest BCUT2D eigenvalue weighted by molar-refractivity contribution is 5.67. The van der Waals surface area contributed by atoms with Gasteiger partial charge < -0.3 is 10.8 Å². The summed E-state index contributed by atoms with van der Waals surface area (Å²) in [6.45, 7) is 0. The van der Waals surface area contributed by atoms with E-state index in [1.165, 1.54) is 0 Å². The Bertz CT molecular complexity index is 361. The van der Waals surface area contributed by atoms with Gasteiger partial charge in [-0.1, -0.05) is 0 Å². The van der Waals surface area contributed by atoms with E-state index in [0.29, 0.717) is 6.07 Å². The van der Waals surface area contributed by atoms with Crippen LogP contribution in [0.2, 0.25) is 0 Å². The molecule has 0 saturated heterocycles. The molecule has 0 spiro atoms. The van der Waals surface area contributed by atoms with Crippen LogP contribution in [0.5, 0.6) is 0 Å². The number of hydrogen-bond donors (Lipinski definition) is 3. The molecule has 1 rings (SSSR count). The highest BCUT2D eigenvalue weighted by Gasteiger charge is 2.34. The van der Waals surface area contributed by atoms with Crippen LogP contribution in [0.4, 0.5) is 13.2 Å². The molecular weight excluding hydrogens is 215 g/mol. The number of H-pyrrole nitrogens is 1. The number of nitrogens with one attached hydrogen (secondary N) is 1. The van der Waals surface area contributed by atoms with Gasteiger partial charge in [-0.2, -0.15) is 18.3 Å². The van der Waals surface area contributed by atoms with Gasteiger partial charge in [-0.3, -0.25) is 9.89 Å². The number of nitrogens with two attached hydrogens (primary N) is 1. The van der Waals surface area contributed by atoms with Gasteiger partial charge in [0.1, 0.15) is 0 Å². The molecule has 84 valence electrons. The maximum atomic E-state index is 12.1. The molecule has 1 aromatic heterocycles. The highest BCUT2D eigenvalue weighted by Crippen LogP contribution is 2.28. The van der Waals surface area contributed by atoms with Gasteiger partial charge in [0.2, 0.25) is 0 Å². The van der Waals surface area contributed by atoms with Crippen LogP contribution in [0, 0.1) is 0 Å². The molecule has 1 aromatic rings. The number of aromatic nitrogens is 2. The second-order valence-electron chi connectivity index (χ2n) is 2.91. The molecule has 0 aliphatic heterocycles. The lowest BCUT2D eigenvalue weighted by atomic mass is 10.1. The Kier molecular flexibility index (Phi) is 2.98. The van der Waals surface area contributed by atoms with Gasteiger partial charge in [0.05, 0.1) is 18.2 Å². The van der Waals surface area contributed by atoms with Crippen LogP contribution in [0.15, 0.2) is 6.07 Å². The summed E-state index contributed by atoms with van der Waals surface area (Å²) in [6, 6.07) is -0.320. The van der Waals surface area contributed by atoms with E-state index in [1.54, 1.807) is 0 Å². The first-order valence-electron chi connectivity index (χ1n) is 3.90. The van der Waals surface area contributed by atoms with Crippen molar-refractivity contribution in [1.29, 1.82) is 0 Å². The Morgan fingerprint density at radius 3 is 2.67 bits per heavy atom. The molecule has 0 aliphatic rings. The Hall–Kier alpha value is -1.57. The first-order valence-corrected chi connectivity index (χ1v) is 3.90. The Morgan fingerprint density at radius 2 is 2.27 bits per heavy atom. The van der Waals surface area contributed by atoms with E-state index in [-0.39, 0.29) is 5.69 Å². The molecule has 0 bridgehead atoms. The lowest BCUT2D eigenvalue weighted by Crippen LogP contribution is -2.15. The SMILES string of the molecule is NC(CC(=O)O)c1cc(C(F)(F)F)n[nH]1. The second-order valence-corrected chi connectivity index (χ2v) is 2.91. The van der Waals surface area contributed by atoms with Crippen molar-refractivity contribution in [3.05, 3.63) is 17.5 Å². The van der Waals surface area contributed by atoms with Crippen LogP contribution >= 0.6 is 0 Å². The average Bonchev–Trinajstić information content (AvgIpc) is 2.48. The predicted octanol–water partition coefficient (Wildman–Crippen LogP) is 0.903. The summed E-state index contributed by atoms with van der Waals surface area (Å²) in [5.41, 5.74) is 4.17. The smallest absolute Gasteiger partial charge is 0.435 e. The fourth-order valence-electron chi connectivity index (χ4n) is 0.970. The molecule has 8 heteroatoms. The first-order chi connectivity index (χ1) is 6.80. The quantitative estimate of drug-likeness (QED) is 0.709. The van der Waals surface area contributed by atoms with E-state index in [1.807, 2.05) is 0 Å². The van der Waals surface area contributed by atoms with Gasteiger partial charge in [0.15, 0.2) is 5.69 Å². The van der Waals surface area contributed by atoms with Crippen LogP contribution in [0.25, 0.3) is 0 Å². The maximum Gasteiger partial charge on any atom is 0.435 e. The zero-order chi connectivity index (χ0) is 11.6. The minimum Gasteiger partial charge on any atom is -0.481 e. The zero-order valence-electron chi connectivity index (χ0n) is 7.38. The Balaban J connectivity index is 2.80. The van der Waals surface area contributed by atoms with E-state index < -0.39 is 30.3 Å². The number of carboxylic acids is 1. The van der Waals surface area contributed by atoms with Gasteiger partial charge in [-0.15, -0.1) is 0 Å². The average molecular weight is 223 g/mol. The van der Waals surface area contributed by atoms with Crippen LogP contribution in [0.1, 0.15) is 23.9 Å². The molecule has 0 fully saturated rings. The fourth-order valence-corrected chi connectivity index (χ4v) is 0.970. The van der Waals surface area contributed by atoms with Crippen LogP contribution in [-0.2, 0) is 11.0 Å². The number of carbonyl (C=O) groups is 1. The van der Waals surface area contributed by atoms with E-state index in [2.05, 4.69) is 10.2 Å². The molecular formula is C7H8F3N3O2. The molecule has 0 amide bonds. The highest BCUT2D eigenvalue weighted by atomic mass is 19.4. The van der Waals surface area contributed by atoms with Crippen molar-refractivity contribution < 1.29 is 23.1 Å². The van der Waals surface area contributed by atoms with E-state index in [9.17, 15) is 18.0 Å².